The van der Waals surface area contributed by atoms with Crippen molar-refractivity contribution in [3.63, 3.8) is 0 Å². The molecule has 2 N–H and O–H groups in total. The Morgan fingerprint density at radius 1 is 1.19 bits per heavy atom. The van der Waals surface area contributed by atoms with Crippen LogP contribution in [0.4, 0.5) is 5.95 Å². The zero-order valence-electron chi connectivity index (χ0n) is 14.7. The van der Waals surface area contributed by atoms with Crippen LogP contribution in [0.15, 0.2) is 24.3 Å². The molecule has 1 aromatic heterocycles. The molecule has 0 radical (unpaired) electrons. The predicted molar refractivity (Wildman–Crippen MR) is 105 cm³/mol. The second kappa shape index (κ2) is 8.69. The van der Waals surface area contributed by atoms with E-state index in [1.165, 1.54) is 12.8 Å². The number of halogens is 2. The first-order chi connectivity index (χ1) is 12.5. The Kier molecular flexibility index (Phi) is 6.33. The van der Waals surface area contributed by atoms with Crippen LogP contribution in [0.3, 0.4) is 0 Å². The molecule has 0 spiro atoms. The van der Waals surface area contributed by atoms with Gasteiger partial charge in [-0.15, -0.1) is 0 Å². The lowest BCUT2D eigenvalue weighted by Crippen LogP contribution is -2.33. The van der Waals surface area contributed by atoms with E-state index in [0.717, 1.165) is 24.1 Å². The second-order valence-electron chi connectivity index (χ2n) is 6.59. The summed E-state index contributed by atoms with van der Waals surface area (Å²) < 4.78 is 0. The third-order valence-corrected chi connectivity index (χ3v) is 5.06. The van der Waals surface area contributed by atoms with E-state index in [0.29, 0.717) is 34.7 Å². The molecule has 1 heterocycles. The molecule has 1 aliphatic rings. The van der Waals surface area contributed by atoms with E-state index in [-0.39, 0.29) is 11.9 Å². The van der Waals surface area contributed by atoms with Crippen LogP contribution in [-0.2, 0) is 6.42 Å². The van der Waals surface area contributed by atoms with Gasteiger partial charge in [-0.05, 0) is 49.9 Å². The maximum Gasteiger partial charge on any atom is 0.270 e. The van der Waals surface area contributed by atoms with Gasteiger partial charge < -0.3 is 10.6 Å². The number of aryl methyl sites for hydroxylation is 1. The van der Waals surface area contributed by atoms with E-state index in [4.69, 9.17) is 23.2 Å². The van der Waals surface area contributed by atoms with E-state index in [9.17, 15) is 4.79 Å². The largest absolute Gasteiger partial charge is 0.354 e. The summed E-state index contributed by atoms with van der Waals surface area (Å²) in [5.74, 6) is 0.317. The molecule has 3 rings (SSSR count). The minimum absolute atomic E-state index is 0.133. The average molecular weight is 393 g/mol. The summed E-state index contributed by atoms with van der Waals surface area (Å²) in [7, 11) is 0. The van der Waals surface area contributed by atoms with Crippen LogP contribution < -0.4 is 10.6 Å². The molecule has 1 fully saturated rings. The number of hydrogen-bond donors (Lipinski definition) is 2. The maximum atomic E-state index is 12.4. The van der Waals surface area contributed by atoms with E-state index >= 15 is 0 Å². The van der Waals surface area contributed by atoms with Gasteiger partial charge in [0.1, 0.15) is 5.69 Å². The number of amides is 1. The van der Waals surface area contributed by atoms with Gasteiger partial charge in [-0.3, -0.25) is 4.79 Å². The third-order valence-electron chi connectivity index (χ3n) is 4.47. The first kappa shape index (κ1) is 18.9. The van der Waals surface area contributed by atoms with Crippen LogP contribution >= 0.6 is 23.2 Å². The zero-order valence-corrected chi connectivity index (χ0v) is 16.2. The van der Waals surface area contributed by atoms with Gasteiger partial charge in [-0.1, -0.05) is 42.1 Å². The van der Waals surface area contributed by atoms with E-state index in [2.05, 4.69) is 20.6 Å². The molecule has 138 valence electrons. The molecular formula is C19H22Cl2N4O. The van der Waals surface area contributed by atoms with Crippen LogP contribution in [0.1, 0.15) is 47.4 Å². The van der Waals surface area contributed by atoms with Crippen molar-refractivity contribution < 1.29 is 4.79 Å². The van der Waals surface area contributed by atoms with E-state index in [1.54, 1.807) is 12.1 Å². The lowest BCUT2D eigenvalue weighted by atomic mass is 10.1. The van der Waals surface area contributed by atoms with Gasteiger partial charge in [0, 0.05) is 28.3 Å². The highest BCUT2D eigenvalue weighted by atomic mass is 35.5. The number of aromatic nitrogens is 2. The van der Waals surface area contributed by atoms with Crippen molar-refractivity contribution >= 4 is 35.1 Å². The lowest BCUT2D eigenvalue weighted by molar-refractivity contribution is 0.0932. The number of nitrogens with zero attached hydrogens (tertiary/aromatic N) is 2. The number of carbonyl (C=O) groups is 1. The molecule has 0 bridgehead atoms. The fraction of sp³-hybridized carbons (Fsp3) is 0.421. The fourth-order valence-electron chi connectivity index (χ4n) is 3.13. The summed E-state index contributed by atoms with van der Waals surface area (Å²) in [5, 5.41) is 7.49. The topological polar surface area (TPSA) is 66.9 Å². The van der Waals surface area contributed by atoms with Gasteiger partial charge in [0.2, 0.25) is 5.95 Å². The Morgan fingerprint density at radius 2 is 1.96 bits per heavy atom. The third kappa shape index (κ3) is 5.08. The van der Waals surface area contributed by atoms with Crippen molar-refractivity contribution in [2.75, 3.05) is 11.9 Å². The molecule has 0 atom stereocenters. The minimum atomic E-state index is -0.133. The molecule has 0 saturated heterocycles. The normalized spacial score (nSPS) is 14.4. The quantitative estimate of drug-likeness (QED) is 0.763. The Morgan fingerprint density at radius 3 is 2.69 bits per heavy atom. The van der Waals surface area contributed by atoms with E-state index in [1.807, 2.05) is 19.1 Å². The molecule has 1 amide bonds. The highest BCUT2D eigenvalue weighted by molar-refractivity contribution is 6.35. The predicted octanol–water partition coefficient (Wildman–Crippen LogP) is 4.42. The summed E-state index contributed by atoms with van der Waals surface area (Å²) in [4.78, 5) is 21.1. The number of nitrogens with one attached hydrogen (secondary N) is 2. The smallest absolute Gasteiger partial charge is 0.270 e. The lowest BCUT2D eigenvalue weighted by Gasteiger charge is -2.13. The Labute approximate surface area is 163 Å². The van der Waals surface area contributed by atoms with Gasteiger partial charge >= 0.3 is 0 Å². The van der Waals surface area contributed by atoms with Gasteiger partial charge in [0.05, 0.1) is 0 Å². The van der Waals surface area contributed by atoms with Crippen molar-refractivity contribution in [2.45, 2.75) is 45.1 Å². The standard InChI is InChI=1S/C19H22Cl2N4O/c1-12-10-17(18(26)24-15-4-2-3-5-15)25-19(23-12)22-9-8-13-6-7-14(20)11-16(13)21/h6-7,10-11,15H,2-5,8-9H2,1H3,(H,24,26)(H,22,23,25). The zero-order chi connectivity index (χ0) is 18.5. The first-order valence-corrected chi connectivity index (χ1v) is 9.61. The van der Waals surface area contributed by atoms with Gasteiger partial charge in [0.15, 0.2) is 0 Å². The monoisotopic (exact) mass is 392 g/mol. The Bertz CT molecular complexity index is 791. The van der Waals surface area contributed by atoms with Crippen LogP contribution in [0.5, 0.6) is 0 Å². The van der Waals surface area contributed by atoms with Gasteiger partial charge in [-0.25, -0.2) is 9.97 Å². The first-order valence-electron chi connectivity index (χ1n) is 8.85. The molecule has 1 aromatic carbocycles. The Balaban J connectivity index is 1.60. The summed E-state index contributed by atoms with van der Waals surface area (Å²) in [6.07, 6.45) is 5.14. The number of hydrogen-bond acceptors (Lipinski definition) is 4. The van der Waals surface area contributed by atoms with E-state index < -0.39 is 0 Å². The summed E-state index contributed by atoms with van der Waals surface area (Å²) >= 11 is 12.1. The van der Waals surface area contributed by atoms with Crippen LogP contribution in [0.2, 0.25) is 10.0 Å². The van der Waals surface area contributed by atoms with Crippen LogP contribution in [0.25, 0.3) is 0 Å². The van der Waals surface area contributed by atoms with Gasteiger partial charge in [0.25, 0.3) is 5.91 Å². The van der Waals surface area contributed by atoms with Crippen molar-refractivity contribution in [1.29, 1.82) is 0 Å². The SMILES string of the molecule is Cc1cc(C(=O)NC2CCCC2)nc(NCCc2ccc(Cl)cc2Cl)n1. The molecule has 7 heteroatoms. The molecular weight excluding hydrogens is 371 g/mol. The number of rotatable bonds is 6. The average Bonchev–Trinajstić information content (AvgIpc) is 3.09. The molecule has 1 aliphatic carbocycles. The summed E-state index contributed by atoms with van der Waals surface area (Å²) in [6.45, 7) is 2.46. The fourth-order valence-corrected chi connectivity index (χ4v) is 3.63. The molecule has 0 unspecified atom stereocenters. The van der Waals surface area contributed by atoms with Crippen molar-refractivity contribution in [1.82, 2.24) is 15.3 Å². The van der Waals surface area contributed by atoms with Crippen LogP contribution in [-0.4, -0.2) is 28.5 Å². The number of anilines is 1. The second-order valence-corrected chi connectivity index (χ2v) is 7.43. The minimum Gasteiger partial charge on any atom is -0.354 e. The van der Waals surface area contributed by atoms with Crippen LogP contribution in [0, 0.1) is 6.92 Å². The molecule has 0 aliphatic heterocycles. The summed E-state index contributed by atoms with van der Waals surface area (Å²) in [5.41, 5.74) is 2.15. The number of benzene rings is 1. The van der Waals surface area contributed by atoms with Gasteiger partial charge in [-0.2, -0.15) is 0 Å². The van der Waals surface area contributed by atoms with Crippen molar-refractivity contribution in [3.05, 3.63) is 51.3 Å². The molecule has 2 aromatic rings. The molecule has 26 heavy (non-hydrogen) atoms. The van der Waals surface area contributed by atoms with Crippen molar-refractivity contribution in [3.8, 4) is 0 Å². The molecule has 1 saturated carbocycles. The van der Waals surface area contributed by atoms with Crippen molar-refractivity contribution in [2.24, 2.45) is 0 Å². The molecule has 5 nitrogen and oxygen atoms in total. The number of carbonyl (C=O) groups excluding carboxylic acids is 1. The maximum absolute atomic E-state index is 12.4. The highest BCUT2D eigenvalue weighted by Gasteiger charge is 2.19. The summed E-state index contributed by atoms with van der Waals surface area (Å²) in [6, 6.07) is 7.43. The Hall–Kier alpha value is -1.85. The highest BCUT2D eigenvalue weighted by Crippen LogP contribution is 2.21.